The van der Waals surface area contributed by atoms with Crippen LogP contribution in [0.1, 0.15) is 56.3 Å². The fraction of sp³-hybridized carbons (Fsp3) is 0.696. The first-order chi connectivity index (χ1) is 14.8. The Balaban J connectivity index is 1.60. The van der Waals surface area contributed by atoms with E-state index in [9.17, 15) is 13.2 Å². The molecule has 1 atom stereocenters. The maximum absolute atomic E-state index is 13.1. The molecule has 1 saturated carbocycles. The summed E-state index contributed by atoms with van der Waals surface area (Å²) in [5, 5.41) is 2.91. The van der Waals surface area contributed by atoms with Crippen LogP contribution in [0.4, 0.5) is 0 Å². The SMILES string of the molecule is CC(C)CN1CCOC(CNC(=O)c2cccc(S(=O)(=O)N(C)C3CCCCC3)c2)C1. The summed E-state index contributed by atoms with van der Waals surface area (Å²) in [6.45, 7) is 8.18. The summed E-state index contributed by atoms with van der Waals surface area (Å²) in [6, 6.07) is 6.38. The number of rotatable bonds is 8. The molecule has 174 valence electrons. The fourth-order valence-electron chi connectivity index (χ4n) is 4.50. The summed E-state index contributed by atoms with van der Waals surface area (Å²) >= 11 is 0. The van der Waals surface area contributed by atoms with E-state index in [0.29, 0.717) is 24.6 Å². The zero-order valence-electron chi connectivity index (χ0n) is 19.0. The number of sulfonamides is 1. The van der Waals surface area contributed by atoms with Gasteiger partial charge in [0.1, 0.15) is 0 Å². The summed E-state index contributed by atoms with van der Waals surface area (Å²) in [5.41, 5.74) is 0.355. The Morgan fingerprint density at radius 1 is 1.26 bits per heavy atom. The van der Waals surface area contributed by atoms with Gasteiger partial charge in [-0.3, -0.25) is 9.69 Å². The maximum atomic E-state index is 13.1. The van der Waals surface area contributed by atoms with Gasteiger partial charge in [-0.2, -0.15) is 4.31 Å². The smallest absolute Gasteiger partial charge is 0.251 e. The molecule has 31 heavy (non-hydrogen) atoms. The van der Waals surface area contributed by atoms with E-state index in [-0.39, 0.29) is 22.9 Å². The third-order valence-electron chi connectivity index (χ3n) is 6.20. The molecule has 1 heterocycles. The number of nitrogens with one attached hydrogen (secondary N) is 1. The van der Waals surface area contributed by atoms with Crippen molar-refractivity contribution >= 4 is 15.9 Å². The average molecular weight is 452 g/mol. The lowest BCUT2D eigenvalue weighted by Gasteiger charge is -2.34. The molecule has 7 nitrogen and oxygen atoms in total. The third kappa shape index (κ3) is 6.51. The van der Waals surface area contributed by atoms with Gasteiger partial charge in [0.15, 0.2) is 0 Å². The predicted octanol–water partition coefficient (Wildman–Crippen LogP) is 2.73. The van der Waals surface area contributed by atoms with Crippen LogP contribution in [0.3, 0.4) is 0 Å². The number of hydrogen-bond donors (Lipinski definition) is 1. The van der Waals surface area contributed by atoms with Crippen LogP contribution in [-0.2, 0) is 14.8 Å². The van der Waals surface area contributed by atoms with Crippen molar-refractivity contribution in [3.63, 3.8) is 0 Å². The predicted molar refractivity (Wildman–Crippen MR) is 122 cm³/mol. The van der Waals surface area contributed by atoms with E-state index >= 15 is 0 Å². The molecule has 1 saturated heterocycles. The zero-order chi connectivity index (χ0) is 22.4. The molecule has 0 aromatic heterocycles. The molecule has 1 aromatic rings. The van der Waals surface area contributed by atoms with Crippen molar-refractivity contribution in [3.8, 4) is 0 Å². The van der Waals surface area contributed by atoms with Gasteiger partial charge < -0.3 is 10.1 Å². The van der Waals surface area contributed by atoms with Crippen molar-refractivity contribution in [3.05, 3.63) is 29.8 Å². The van der Waals surface area contributed by atoms with E-state index in [1.165, 1.54) is 16.8 Å². The monoisotopic (exact) mass is 451 g/mol. The number of hydrogen-bond acceptors (Lipinski definition) is 5. The van der Waals surface area contributed by atoms with Crippen molar-refractivity contribution in [2.24, 2.45) is 5.92 Å². The molecule has 3 rings (SSSR count). The van der Waals surface area contributed by atoms with Crippen LogP contribution in [0, 0.1) is 5.92 Å². The highest BCUT2D eigenvalue weighted by molar-refractivity contribution is 7.89. The van der Waals surface area contributed by atoms with E-state index < -0.39 is 10.0 Å². The zero-order valence-corrected chi connectivity index (χ0v) is 19.9. The molecular weight excluding hydrogens is 414 g/mol. The van der Waals surface area contributed by atoms with E-state index in [4.69, 9.17) is 4.74 Å². The Kier molecular flexibility index (Phi) is 8.50. The fourth-order valence-corrected chi connectivity index (χ4v) is 5.96. The number of carbonyl (C=O) groups excluding carboxylic acids is 1. The summed E-state index contributed by atoms with van der Waals surface area (Å²) in [5.74, 6) is 0.312. The quantitative estimate of drug-likeness (QED) is 0.658. The van der Waals surface area contributed by atoms with E-state index in [1.807, 2.05) is 0 Å². The molecule has 0 radical (unpaired) electrons. The molecule has 1 aromatic carbocycles. The number of carbonyl (C=O) groups is 1. The highest BCUT2D eigenvalue weighted by Gasteiger charge is 2.29. The first-order valence-corrected chi connectivity index (χ1v) is 12.9. The van der Waals surface area contributed by atoms with Crippen LogP contribution in [0.5, 0.6) is 0 Å². The van der Waals surface area contributed by atoms with Crippen LogP contribution in [0.25, 0.3) is 0 Å². The van der Waals surface area contributed by atoms with Crippen LogP contribution in [0.15, 0.2) is 29.2 Å². The van der Waals surface area contributed by atoms with Gasteiger partial charge in [0.05, 0.1) is 17.6 Å². The maximum Gasteiger partial charge on any atom is 0.251 e. The Bertz CT molecular complexity index is 837. The van der Waals surface area contributed by atoms with Gasteiger partial charge in [0.2, 0.25) is 10.0 Å². The lowest BCUT2D eigenvalue weighted by Crippen LogP contribution is -2.48. The normalized spacial score (nSPS) is 21.5. The lowest BCUT2D eigenvalue weighted by atomic mass is 9.96. The molecule has 1 unspecified atom stereocenters. The second-order valence-corrected chi connectivity index (χ2v) is 11.2. The van der Waals surface area contributed by atoms with E-state index in [1.54, 1.807) is 25.2 Å². The van der Waals surface area contributed by atoms with Gasteiger partial charge in [0, 0.05) is 44.8 Å². The van der Waals surface area contributed by atoms with Gasteiger partial charge >= 0.3 is 0 Å². The first-order valence-electron chi connectivity index (χ1n) is 11.5. The topological polar surface area (TPSA) is 79.0 Å². The molecule has 0 bridgehead atoms. The number of ether oxygens (including phenoxy) is 1. The second-order valence-electron chi connectivity index (χ2n) is 9.20. The molecule has 1 aliphatic heterocycles. The molecule has 2 fully saturated rings. The molecular formula is C23H37N3O4S. The summed E-state index contributed by atoms with van der Waals surface area (Å²) < 4.78 is 33.5. The standard InChI is InChI=1S/C23H37N3O4S/c1-18(2)16-26-12-13-30-21(17-26)15-24-23(27)19-8-7-11-22(14-19)31(28,29)25(3)20-9-5-4-6-10-20/h7-8,11,14,18,20-21H,4-6,9-10,12-13,15-17H2,1-3H3,(H,24,27). The lowest BCUT2D eigenvalue weighted by molar-refractivity contribution is -0.0295. The van der Waals surface area contributed by atoms with Gasteiger partial charge in [-0.05, 0) is 37.0 Å². The van der Waals surface area contributed by atoms with Gasteiger partial charge in [-0.25, -0.2) is 8.42 Å². The van der Waals surface area contributed by atoms with Gasteiger partial charge in [0.25, 0.3) is 5.91 Å². The first kappa shape index (κ1) is 24.2. The minimum atomic E-state index is -3.63. The van der Waals surface area contributed by atoms with Crippen molar-refractivity contribution in [1.82, 2.24) is 14.5 Å². The van der Waals surface area contributed by atoms with Crippen molar-refractivity contribution < 1.29 is 17.9 Å². The van der Waals surface area contributed by atoms with Crippen LogP contribution >= 0.6 is 0 Å². The summed E-state index contributed by atoms with van der Waals surface area (Å²) in [7, 11) is -1.97. The molecule has 0 spiro atoms. The second kappa shape index (κ2) is 10.9. The summed E-state index contributed by atoms with van der Waals surface area (Å²) in [4.78, 5) is 15.2. The van der Waals surface area contributed by atoms with Crippen molar-refractivity contribution in [2.75, 3.05) is 39.8 Å². The minimum Gasteiger partial charge on any atom is -0.374 e. The molecule has 1 aliphatic carbocycles. The van der Waals surface area contributed by atoms with Crippen LogP contribution < -0.4 is 5.32 Å². The Hall–Kier alpha value is -1.48. The van der Waals surface area contributed by atoms with Crippen LogP contribution in [0.2, 0.25) is 0 Å². The molecule has 1 N–H and O–H groups in total. The largest absolute Gasteiger partial charge is 0.374 e. The van der Waals surface area contributed by atoms with Gasteiger partial charge in [-0.15, -0.1) is 0 Å². The van der Waals surface area contributed by atoms with Gasteiger partial charge in [-0.1, -0.05) is 39.2 Å². The minimum absolute atomic E-state index is 0.0356. The number of morpholine rings is 1. The number of benzene rings is 1. The van der Waals surface area contributed by atoms with Crippen molar-refractivity contribution in [2.45, 2.75) is 63.0 Å². The Morgan fingerprint density at radius 2 is 2.00 bits per heavy atom. The molecule has 8 heteroatoms. The Morgan fingerprint density at radius 3 is 2.71 bits per heavy atom. The highest BCUT2D eigenvalue weighted by Crippen LogP contribution is 2.26. The van der Waals surface area contributed by atoms with Crippen LogP contribution in [-0.4, -0.2) is 75.5 Å². The van der Waals surface area contributed by atoms with E-state index in [2.05, 4.69) is 24.1 Å². The summed E-state index contributed by atoms with van der Waals surface area (Å²) in [6.07, 6.45) is 5.02. The third-order valence-corrected chi connectivity index (χ3v) is 8.10. The molecule has 2 aliphatic rings. The number of amides is 1. The highest BCUT2D eigenvalue weighted by atomic mass is 32.2. The molecule has 1 amide bonds. The number of nitrogens with zero attached hydrogens (tertiary/aromatic N) is 2. The van der Waals surface area contributed by atoms with Crippen molar-refractivity contribution in [1.29, 1.82) is 0 Å². The average Bonchev–Trinajstić information content (AvgIpc) is 2.77. The van der Waals surface area contributed by atoms with E-state index in [0.717, 1.165) is 45.3 Å². The Labute approximate surface area is 187 Å².